The van der Waals surface area contributed by atoms with Crippen molar-refractivity contribution >= 4 is 33.3 Å². The highest BCUT2D eigenvalue weighted by atomic mass is 32.2. The van der Waals surface area contributed by atoms with Gasteiger partial charge in [0.25, 0.3) is 0 Å². The number of amides is 3. The minimum atomic E-state index is -3.62. The normalized spacial score (nSPS) is 17.4. The van der Waals surface area contributed by atoms with Gasteiger partial charge in [-0.15, -0.1) is 0 Å². The molecule has 30 heavy (non-hydrogen) atoms. The van der Waals surface area contributed by atoms with Gasteiger partial charge in [0, 0.05) is 39.3 Å². The molecule has 2 saturated heterocycles. The standard InChI is InChI=1S/C20H31N5O4S/c1-3-24(4-2)30(28,29)16-8-9-18(23-11-6-5-7-12-23)17(14-16)22-15-19(26)25-13-10-21-20(25)27/h8-9,14,22H,3-7,10-13,15H2,1-2H3,(H,21,27). The molecule has 0 radical (unpaired) electrons. The Hall–Kier alpha value is -2.33. The van der Waals surface area contributed by atoms with Gasteiger partial charge in [-0.3, -0.25) is 9.69 Å². The third-order valence-electron chi connectivity index (χ3n) is 5.60. The Morgan fingerprint density at radius 3 is 2.43 bits per heavy atom. The van der Waals surface area contributed by atoms with E-state index in [1.54, 1.807) is 12.1 Å². The Kier molecular flexibility index (Phi) is 7.19. The van der Waals surface area contributed by atoms with Crippen LogP contribution in [0.2, 0.25) is 0 Å². The van der Waals surface area contributed by atoms with E-state index in [0.29, 0.717) is 31.9 Å². The van der Waals surface area contributed by atoms with E-state index >= 15 is 0 Å². The van der Waals surface area contributed by atoms with Crippen LogP contribution in [0.15, 0.2) is 23.1 Å². The molecular weight excluding hydrogens is 406 g/mol. The van der Waals surface area contributed by atoms with E-state index in [0.717, 1.165) is 31.6 Å². The van der Waals surface area contributed by atoms with Crippen LogP contribution in [-0.4, -0.2) is 75.4 Å². The number of hydrogen-bond donors (Lipinski definition) is 2. The number of rotatable bonds is 8. The molecule has 0 saturated carbocycles. The number of imide groups is 1. The molecule has 3 rings (SSSR count). The first kappa shape index (κ1) is 22.4. The first-order valence-electron chi connectivity index (χ1n) is 10.6. The van der Waals surface area contributed by atoms with Crippen LogP contribution in [0.4, 0.5) is 16.2 Å². The Bertz CT molecular complexity index is 879. The van der Waals surface area contributed by atoms with Crippen LogP contribution in [0.25, 0.3) is 0 Å². The summed E-state index contributed by atoms with van der Waals surface area (Å²) in [5.41, 5.74) is 1.48. The van der Waals surface area contributed by atoms with Crippen molar-refractivity contribution in [1.29, 1.82) is 0 Å². The van der Waals surface area contributed by atoms with Crippen molar-refractivity contribution in [3.8, 4) is 0 Å². The predicted molar refractivity (Wildman–Crippen MR) is 116 cm³/mol. The lowest BCUT2D eigenvalue weighted by atomic mass is 10.1. The van der Waals surface area contributed by atoms with E-state index in [1.165, 1.54) is 15.6 Å². The summed E-state index contributed by atoms with van der Waals surface area (Å²) in [6, 6.07) is 4.67. The van der Waals surface area contributed by atoms with Gasteiger partial charge in [0.2, 0.25) is 15.9 Å². The molecule has 0 unspecified atom stereocenters. The molecule has 166 valence electrons. The summed E-state index contributed by atoms with van der Waals surface area (Å²) in [5, 5.41) is 5.71. The lowest BCUT2D eigenvalue weighted by Gasteiger charge is -2.31. The average molecular weight is 438 g/mol. The quantitative estimate of drug-likeness (QED) is 0.642. The summed E-state index contributed by atoms with van der Waals surface area (Å²) in [6.45, 7) is 6.87. The summed E-state index contributed by atoms with van der Waals surface area (Å²) in [4.78, 5) is 27.8. The van der Waals surface area contributed by atoms with Crippen LogP contribution in [0, 0.1) is 0 Å². The van der Waals surface area contributed by atoms with Gasteiger partial charge in [0.05, 0.1) is 22.8 Å². The molecule has 0 bridgehead atoms. The molecule has 2 N–H and O–H groups in total. The number of benzene rings is 1. The fraction of sp³-hybridized carbons (Fsp3) is 0.600. The zero-order valence-corrected chi connectivity index (χ0v) is 18.5. The van der Waals surface area contributed by atoms with Crippen molar-refractivity contribution in [3.63, 3.8) is 0 Å². The van der Waals surface area contributed by atoms with Crippen molar-refractivity contribution in [2.45, 2.75) is 38.0 Å². The van der Waals surface area contributed by atoms with Crippen molar-refractivity contribution < 1.29 is 18.0 Å². The molecule has 2 aliphatic heterocycles. The second kappa shape index (κ2) is 9.65. The summed E-state index contributed by atoms with van der Waals surface area (Å²) >= 11 is 0. The zero-order chi connectivity index (χ0) is 21.7. The fourth-order valence-corrected chi connectivity index (χ4v) is 5.40. The largest absolute Gasteiger partial charge is 0.374 e. The predicted octanol–water partition coefficient (Wildman–Crippen LogP) is 1.67. The first-order valence-corrected chi connectivity index (χ1v) is 12.0. The molecule has 3 amide bonds. The highest BCUT2D eigenvalue weighted by molar-refractivity contribution is 7.89. The number of carbonyl (C=O) groups excluding carboxylic acids is 2. The molecule has 0 spiro atoms. The van der Waals surface area contributed by atoms with Gasteiger partial charge in [-0.2, -0.15) is 4.31 Å². The van der Waals surface area contributed by atoms with Gasteiger partial charge in [0.15, 0.2) is 0 Å². The molecule has 2 aliphatic rings. The maximum Gasteiger partial charge on any atom is 0.324 e. The summed E-state index contributed by atoms with van der Waals surface area (Å²) in [7, 11) is -3.62. The lowest BCUT2D eigenvalue weighted by molar-refractivity contribution is -0.125. The maximum absolute atomic E-state index is 13.0. The Balaban J connectivity index is 1.88. The van der Waals surface area contributed by atoms with Crippen LogP contribution < -0.4 is 15.5 Å². The van der Waals surface area contributed by atoms with Gasteiger partial charge in [-0.25, -0.2) is 13.2 Å². The van der Waals surface area contributed by atoms with Crippen LogP contribution in [0.1, 0.15) is 33.1 Å². The molecule has 1 aromatic carbocycles. The third kappa shape index (κ3) is 4.70. The van der Waals surface area contributed by atoms with Gasteiger partial charge >= 0.3 is 6.03 Å². The monoisotopic (exact) mass is 437 g/mol. The molecule has 0 aliphatic carbocycles. The SMILES string of the molecule is CCN(CC)S(=O)(=O)c1ccc(N2CCCCC2)c(NCC(=O)N2CCNC2=O)c1. The molecule has 2 fully saturated rings. The smallest absolute Gasteiger partial charge is 0.324 e. The molecule has 1 aromatic rings. The summed E-state index contributed by atoms with van der Waals surface area (Å²) in [5.74, 6) is -0.341. The van der Waals surface area contributed by atoms with Crippen molar-refractivity contribution in [3.05, 3.63) is 18.2 Å². The third-order valence-corrected chi connectivity index (χ3v) is 7.64. The minimum Gasteiger partial charge on any atom is -0.374 e. The second-order valence-corrected chi connectivity index (χ2v) is 9.38. The zero-order valence-electron chi connectivity index (χ0n) is 17.7. The first-order chi connectivity index (χ1) is 14.4. The maximum atomic E-state index is 13.0. The number of hydrogen-bond acceptors (Lipinski definition) is 6. The second-order valence-electron chi connectivity index (χ2n) is 7.45. The number of urea groups is 1. The van der Waals surface area contributed by atoms with Crippen LogP contribution in [0.5, 0.6) is 0 Å². The van der Waals surface area contributed by atoms with E-state index in [1.807, 2.05) is 19.9 Å². The highest BCUT2D eigenvalue weighted by Crippen LogP contribution is 2.32. The number of nitrogens with zero attached hydrogens (tertiary/aromatic N) is 3. The topological polar surface area (TPSA) is 102 Å². The number of sulfonamides is 1. The van der Waals surface area contributed by atoms with E-state index < -0.39 is 16.1 Å². The fourth-order valence-electron chi connectivity index (χ4n) is 3.92. The number of anilines is 2. The van der Waals surface area contributed by atoms with Crippen LogP contribution in [0.3, 0.4) is 0 Å². The molecule has 0 aromatic heterocycles. The number of carbonyl (C=O) groups is 2. The van der Waals surface area contributed by atoms with Crippen LogP contribution >= 0.6 is 0 Å². The Morgan fingerprint density at radius 2 is 1.83 bits per heavy atom. The van der Waals surface area contributed by atoms with Gasteiger partial charge in [-0.05, 0) is 37.5 Å². The van der Waals surface area contributed by atoms with Gasteiger partial charge in [0.1, 0.15) is 0 Å². The van der Waals surface area contributed by atoms with E-state index in [9.17, 15) is 18.0 Å². The molecule has 10 heteroatoms. The average Bonchev–Trinajstić information content (AvgIpc) is 3.19. The molecule has 2 heterocycles. The number of nitrogens with one attached hydrogen (secondary N) is 2. The summed E-state index contributed by atoms with van der Waals surface area (Å²) < 4.78 is 27.4. The number of piperidine rings is 1. The van der Waals surface area contributed by atoms with Crippen molar-refractivity contribution in [2.75, 3.05) is 56.0 Å². The van der Waals surface area contributed by atoms with Crippen LogP contribution in [-0.2, 0) is 14.8 Å². The van der Waals surface area contributed by atoms with Gasteiger partial charge < -0.3 is 15.5 Å². The summed E-state index contributed by atoms with van der Waals surface area (Å²) in [6.07, 6.45) is 3.33. The van der Waals surface area contributed by atoms with E-state index in [4.69, 9.17) is 0 Å². The van der Waals surface area contributed by atoms with E-state index in [2.05, 4.69) is 15.5 Å². The molecule has 0 atom stereocenters. The Labute approximate surface area is 178 Å². The minimum absolute atomic E-state index is 0.0803. The van der Waals surface area contributed by atoms with Crippen molar-refractivity contribution in [2.24, 2.45) is 0 Å². The van der Waals surface area contributed by atoms with E-state index in [-0.39, 0.29) is 17.3 Å². The van der Waals surface area contributed by atoms with Gasteiger partial charge in [-0.1, -0.05) is 13.8 Å². The van der Waals surface area contributed by atoms with Crippen molar-refractivity contribution in [1.82, 2.24) is 14.5 Å². The molecular formula is C20H31N5O4S. The Morgan fingerprint density at radius 1 is 1.13 bits per heavy atom. The lowest BCUT2D eigenvalue weighted by Crippen LogP contribution is -2.38. The molecule has 9 nitrogen and oxygen atoms in total. The highest BCUT2D eigenvalue weighted by Gasteiger charge is 2.27.